The number of nitro groups is 2. The number of carboxylic acid groups (broad SMARTS) is 1. The topological polar surface area (TPSA) is 194 Å². The molecule has 0 atom stereocenters. The first-order chi connectivity index (χ1) is 21.9. The van der Waals surface area contributed by atoms with E-state index in [0.717, 1.165) is 12.1 Å². The van der Waals surface area contributed by atoms with Crippen molar-refractivity contribution in [2.45, 2.75) is 33.2 Å². The fourth-order valence-electron chi connectivity index (χ4n) is 5.06. The highest BCUT2D eigenvalue weighted by atomic mass is 79.9. The summed E-state index contributed by atoms with van der Waals surface area (Å²) in [5, 5.41) is 36.3. The number of halogens is 2. The van der Waals surface area contributed by atoms with Gasteiger partial charge in [0.2, 0.25) is 5.75 Å². The molecule has 1 aliphatic carbocycles. The summed E-state index contributed by atoms with van der Waals surface area (Å²) >= 11 is 6.47. The van der Waals surface area contributed by atoms with E-state index in [4.69, 9.17) is 22.4 Å². The molecule has 14 nitrogen and oxygen atoms in total. The smallest absolute Gasteiger partial charge is 0.501 e. The van der Waals surface area contributed by atoms with E-state index in [9.17, 15) is 34.9 Å². The molecule has 244 valence electrons. The van der Waals surface area contributed by atoms with E-state index in [1.807, 2.05) is 20.8 Å². The molecular formula is C29H27Br2N2O12Si-. The van der Waals surface area contributed by atoms with Gasteiger partial charge in [-0.15, -0.1) is 0 Å². The van der Waals surface area contributed by atoms with Crippen LogP contribution in [0, 0.1) is 20.2 Å². The molecule has 0 spiro atoms. The molecule has 0 fully saturated rings. The van der Waals surface area contributed by atoms with Crippen molar-refractivity contribution >= 4 is 69.0 Å². The molecule has 2 aromatic rings. The molecule has 17 heteroatoms. The maximum absolute atomic E-state index is 12.9. The highest BCUT2D eigenvalue weighted by Crippen LogP contribution is 2.50. The number of aromatic carboxylic acids is 1. The lowest BCUT2D eigenvalue weighted by Crippen LogP contribution is -2.46. The quantitative estimate of drug-likeness (QED) is 0.0444. The Hall–Kier alpha value is -3.74. The van der Waals surface area contributed by atoms with Crippen molar-refractivity contribution in [3.05, 3.63) is 81.4 Å². The highest BCUT2D eigenvalue weighted by molar-refractivity contribution is 9.11. The lowest BCUT2D eigenvalue weighted by Gasteiger charge is -2.28. The molecule has 46 heavy (non-hydrogen) atoms. The Bertz CT molecular complexity index is 1830. The van der Waals surface area contributed by atoms with Gasteiger partial charge in [-0.1, -0.05) is 24.3 Å². The van der Waals surface area contributed by atoms with Crippen LogP contribution >= 0.6 is 31.9 Å². The van der Waals surface area contributed by atoms with E-state index in [-0.39, 0.29) is 60.3 Å². The lowest BCUT2D eigenvalue weighted by atomic mass is 9.90. The summed E-state index contributed by atoms with van der Waals surface area (Å²) in [6.07, 6.45) is 0.349. The third-order valence-corrected chi connectivity index (χ3v) is 11.4. The number of rotatable bonds is 15. The number of nitrogens with zero attached hydrogens (tertiary/aromatic N) is 2. The lowest BCUT2D eigenvalue weighted by molar-refractivity contribution is -0.386. The first-order valence-corrected chi connectivity index (χ1v) is 17.5. The summed E-state index contributed by atoms with van der Waals surface area (Å²) < 4.78 is 29.3. The molecule has 0 saturated carbocycles. The van der Waals surface area contributed by atoms with Crippen molar-refractivity contribution in [1.82, 2.24) is 0 Å². The highest BCUT2D eigenvalue weighted by Gasteiger charge is 2.40. The fourth-order valence-corrected chi connectivity index (χ4v) is 8.75. The molecule has 0 amide bonds. The van der Waals surface area contributed by atoms with E-state index >= 15 is 0 Å². The molecule has 0 radical (unpaired) electrons. The Morgan fingerprint density at radius 3 is 2.09 bits per heavy atom. The maximum atomic E-state index is 12.9. The first-order valence-electron chi connectivity index (χ1n) is 14.0. The van der Waals surface area contributed by atoms with Crippen LogP contribution in [0.25, 0.3) is 33.4 Å². The van der Waals surface area contributed by atoms with E-state index in [1.54, 1.807) is 0 Å². The molecule has 0 bridgehead atoms. The fraction of sp³-hybridized carbons (Fsp3) is 0.310. The van der Waals surface area contributed by atoms with Crippen LogP contribution in [-0.4, -0.2) is 51.0 Å². The van der Waals surface area contributed by atoms with E-state index in [0.29, 0.717) is 32.3 Å². The Kier molecular flexibility index (Phi) is 11.3. The molecule has 2 aromatic carbocycles. The summed E-state index contributed by atoms with van der Waals surface area (Å²) in [7, 11) is -3.02. The van der Waals surface area contributed by atoms with Crippen LogP contribution in [0.3, 0.4) is 0 Å². The summed E-state index contributed by atoms with van der Waals surface area (Å²) in [4.78, 5) is 47.6. The van der Waals surface area contributed by atoms with Gasteiger partial charge in [0.15, 0.2) is 11.3 Å². The van der Waals surface area contributed by atoms with Gasteiger partial charge in [-0.05, 0) is 64.6 Å². The van der Waals surface area contributed by atoms with Crippen LogP contribution < -0.4 is 15.3 Å². The van der Waals surface area contributed by atoms with Gasteiger partial charge in [-0.3, -0.25) is 25.0 Å². The first kappa shape index (κ1) is 35.1. The zero-order valence-electron chi connectivity index (χ0n) is 24.8. The van der Waals surface area contributed by atoms with Crippen LogP contribution in [-0.2, 0) is 13.3 Å². The number of non-ortho nitro benzene ring substituents is 1. The Morgan fingerprint density at radius 1 is 0.913 bits per heavy atom. The van der Waals surface area contributed by atoms with Gasteiger partial charge in [0.05, 0.1) is 22.4 Å². The van der Waals surface area contributed by atoms with Gasteiger partial charge < -0.3 is 32.3 Å². The van der Waals surface area contributed by atoms with Crippen LogP contribution in [0.4, 0.5) is 11.4 Å². The van der Waals surface area contributed by atoms with Crippen molar-refractivity contribution in [1.29, 1.82) is 0 Å². The number of fused-ring (bicyclic) bond motifs is 2. The minimum absolute atomic E-state index is 0.00795. The number of hydrogen-bond acceptors (Lipinski definition) is 12. The zero-order chi connectivity index (χ0) is 33.8. The van der Waals surface area contributed by atoms with Crippen LogP contribution in [0.5, 0.6) is 5.75 Å². The number of nitro benzene ring substituents is 2. The number of carbonyl (C=O) groups is 1. The summed E-state index contributed by atoms with van der Waals surface area (Å²) in [6, 6.07) is 8.09. The van der Waals surface area contributed by atoms with Crippen LogP contribution in [0.1, 0.15) is 37.6 Å². The van der Waals surface area contributed by atoms with Gasteiger partial charge in [0.25, 0.3) is 5.43 Å². The normalized spacial score (nSPS) is 11.7. The Morgan fingerprint density at radius 2 is 1.52 bits per heavy atom. The van der Waals surface area contributed by atoms with Crippen molar-refractivity contribution < 1.29 is 42.2 Å². The van der Waals surface area contributed by atoms with Crippen molar-refractivity contribution in [2.75, 3.05) is 26.4 Å². The van der Waals surface area contributed by atoms with Crippen molar-refractivity contribution in [3.8, 4) is 28.2 Å². The predicted octanol–water partition coefficient (Wildman–Crippen LogP) is 6.09. The Labute approximate surface area is 279 Å². The number of carbonyl (C=O) groups excluding carboxylic acids is 1. The SMILES string of the molecule is CCO[Si](CCCOc1c([N+](=O)[O-])cc2c(-c3ccccc3C(=O)[O-])c3cc([N+](=O)[O-])c(=O)c(Br)c-3oc2c1Br)(OCC)OCC. The largest absolute Gasteiger partial charge is 0.545 e. The summed E-state index contributed by atoms with van der Waals surface area (Å²) in [5.41, 5.74) is -2.66. The standard InChI is InChI=1S/C29H28Br2N2O12Si/c1-4-42-46(43-5-2,44-6-3)13-9-12-41-28-21(33(39)40)15-19-22(16-10-7-8-11-17(16)29(35)36)18-14-20(32(37)38)25(34)23(30)26(18)45-27(19)24(28)31/h7-8,10-11,14-15H,4-6,9,12-13H2,1-3H3,(H,35,36)/p-1. The van der Waals surface area contributed by atoms with Crippen molar-refractivity contribution in [2.24, 2.45) is 0 Å². The zero-order valence-corrected chi connectivity index (χ0v) is 28.9. The summed E-state index contributed by atoms with van der Waals surface area (Å²) in [5.74, 6) is -1.92. The van der Waals surface area contributed by atoms with Crippen LogP contribution in [0.2, 0.25) is 6.04 Å². The summed E-state index contributed by atoms with van der Waals surface area (Å²) in [6.45, 7) is 6.58. The molecule has 0 saturated heterocycles. The number of benzene rings is 3. The molecule has 0 N–H and O–H groups in total. The number of carboxylic acids is 1. The molecule has 0 aromatic heterocycles. The molecule has 1 aliphatic heterocycles. The molecule has 0 unspecified atom stereocenters. The van der Waals surface area contributed by atoms with Gasteiger partial charge in [0.1, 0.15) is 8.95 Å². The third-order valence-electron chi connectivity index (χ3n) is 6.83. The minimum atomic E-state index is -3.02. The number of hydrogen-bond donors (Lipinski definition) is 0. The second-order valence-corrected chi connectivity index (χ2v) is 13.9. The molecule has 1 heterocycles. The van der Waals surface area contributed by atoms with Gasteiger partial charge >= 0.3 is 20.2 Å². The Balaban J connectivity index is 1.96. The average Bonchev–Trinajstić information content (AvgIpc) is 3.01. The van der Waals surface area contributed by atoms with Gasteiger partial charge in [-0.2, -0.15) is 0 Å². The molecule has 4 rings (SSSR count). The molecule has 2 aliphatic rings. The monoisotopic (exact) mass is 781 g/mol. The minimum Gasteiger partial charge on any atom is -0.545 e. The predicted molar refractivity (Wildman–Crippen MR) is 173 cm³/mol. The van der Waals surface area contributed by atoms with E-state index < -0.39 is 41.4 Å². The second-order valence-electron chi connectivity index (χ2n) is 9.59. The third kappa shape index (κ3) is 6.84. The van der Waals surface area contributed by atoms with Gasteiger partial charge in [-0.25, -0.2) is 0 Å². The van der Waals surface area contributed by atoms with Crippen LogP contribution in [0.15, 0.2) is 54.6 Å². The van der Waals surface area contributed by atoms with E-state index in [1.165, 1.54) is 24.3 Å². The van der Waals surface area contributed by atoms with E-state index in [2.05, 4.69) is 31.9 Å². The van der Waals surface area contributed by atoms with Crippen molar-refractivity contribution in [3.63, 3.8) is 0 Å². The average molecular weight is 783 g/mol. The maximum Gasteiger partial charge on any atom is 0.501 e. The second kappa shape index (κ2) is 14.8. The molecular weight excluding hydrogens is 756 g/mol. The number of ether oxygens (including phenoxy) is 1. The van der Waals surface area contributed by atoms with Gasteiger partial charge in [0, 0.05) is 60.1 Å².